The molecule has 0 saturated carbocycles. The molecule has 1 heterocycles. The van der Waals surface area contributed by atoms with Crippen molar-refractivity contribution in [1.82, 2.24) is 4.98 Å². The van der Waals surface area contributed by atoms with E-state index in [0.29, 0.717) is 5.82 Å². The number of anilines is 1. The second-order valence-electron chi connectivity index (χ2n) is 5.36. The van der Waals surface area contributed by atoms with E-state index in [1.165, 1.54) is 6.07 Å². The van der Waals surface area contributed by atoms with Crippen LogP contribution < -0.4 is 10.8 Å². The zero-order valence-corrected chi connectivity index (χ0v) is 13.1. The van der Waals surface area contributed by atoms with Gasteiger partial charge in [-0.2, -0.15) is 0 Å². The van der Waals surface area contributed by atoms with Gasteiger partial charge in [0.25, 0.3) is 5.91 Å². The first-order valence-electron chi connectivity index (χ1n) is 7.53. The van der Waals surface area contributed by atoms with Gasteiger partial charge in [-0.05, 0) is 35.4 Å². The lowest BCUT2D eigenvalue weighted by molar-refractivity contribution is 0.102. The molecule has 124 valence electrons. The molecule has 0 unspecified atom stereocenters. The monoisotopic (exact) mass is 336 g/mol. The van der Waals surface area contributed by atoms with Crippen LogP contribution in [0.5, 0.6) is 0 Å². The Morgan fingerprint density at radius 3 is 2.44 bits per heavy atom. The van der Waals surface area contributed by atoms with Crippen molar-refractivity contribution in [2.75, 3.05) is 5.32 Å². The van der Waals surface area contributed by atoms with Crippen molar-refractivity contribution in [3.05, 3.63) is 78.2 Å². The Kier molecular flexibility index (Phi) is 4.88. The van der Waals surface area contributed by atoms with Crippen LogP contribution in [0.4, 0.5) is 10.2 Å². The van der Waals surface area contributed by atoms with Crippen molar-refractivity contribution >= 4 is 24.3 Å². The van der Waals surface area contributed by atoms with E-state index < -0.39 is 18.8 Å². The van der Waals surface area contributed by atoms with Gasteiger partial charge < -0.3 is 15.4 Å². The number of nitrogens with zero attached hydrogens (tertiary/aromatic N) is 1. The molecule has 0 fully saturated rings. The highest BCUT2D eigenvalue weighted by atomic mass is 19.1. The number of aromatic nitrogens is 1. The Hall–Kier alpha value is -3.03. The van der Waals surface area contributed by atoms with E-state index >= 15 is 0 Å². The predicted octanol–water partition coefficient (Wildman–Crippen LogP) is 1.82. The summed E-state index contributed by atoms with van der Waals surface area (Å²) in [4.78, 5) is 16.3. The molecular formula is C18H14BFN2O3. The van der Waals surface area contributed by atoms with E-state index in [0.717, 1.165) is 23.3 Å². The summed E-state index contributed by atoms with van der Waals surface area (Å²) in [6, 6.07) is 16.6. The number of carbonyl (C=O) groups excluding carboxylic acids is 1. The summed E-state index contributed by atoms with van der Waals surface area (Å²) in [5.74, 6) is -1.08. The van der Waals surface area contributed by atoms with Gasteiger partial charge in [-0.1, -0.05) is 36.4 Å². The highest BCUT2D eigenvalue weighted by Crippen LogP contribution is 2.21. The Morgan fingerprint density at radius 1 is 1.00 bits per heavy atom. The summed E-state index contributed by atoms with van der Waals surface area (Å²) >= 11 is 0. The van der Waals surface area contributed by atoms with E-state index in [1.807, 2.05) is 36.4 Å². The van der Waals surface area contributed by atoms with E-state index in [2.05, 4.69) is 10.3 Å². The van der Waals surface area contributed by atoms with Crippen LogP contribution in [-0.2, 0) is 0 Å². The molecule has 1 aromatic heterocycles. The van der Waals surface area contributed by atoms with Crippen LogP contribution in [0.2, 0.25) is 0 Å². The number of pyridine rings is 1. The second kappa shape index (κ2) is 7.25. The number of rotatable bonds is 4. The van der Waals surface area contributed by atoms with Crippen molar-refractivity contribution in [2.45, 2.75) is 0 Å². The number of hydrogen-bond donors (Lipinski definition) is 3. The van der Waals surface area contributed by atoms with Crippen molar-refractivity contribution < 1.29 is 19.2 Å². The third-order valence-electron chi connectivity index (χ3n) is 3.65. The Morgan fingerprint density at radius 2 is 1.76 bits per heavy atom. The largest absolute Gasteiger partial charge is 0.491 e. The number of amides is 1. The summed E-state index contributed by atoms with van der Waals surface area (Å²) in [7, 11) is -1.93. The second-order valence-corrected chi connectivity index (χ2v) is 5.36. The minimum atomic E-state index is -1.93. The molecule has 0 saturated heterocycles. The van der Waals surface area contributed by atoms with Crippen molar-refractivity contribution in [3.63, 3.8) is 0 Å². The van der Waals surface area contributed by atoms with Gasteiger partial charge >= 0.3 is 7.12 Å². The molecule has 5 nitrogen and oxygen atoms in total. The van der Waals surface area contributed by atoms with Crippen LogP contribution in [0.3, 0.4) is 0 Å². The SMILES string of the molecule is O=C(Nc1cc(-c2ccccc2)ccn1)c1ccc(B(O)O)c(F)c1. The summed E-state index contributed by atoms with van der Waals surface area (Å²) in [6.45, 7) is 0. The van der Waals surface area contributed by atoms with Crippen molar-refractivity contribution in [3.8, 4) is 11.1 Å². The molecule has 0 spiro atoms. The van der Waals surface area contributed by atoms with E-state index in [1.54, 1.807) is 12.3 Å². The minimum Gasteiger partial charge on any atom is -0.423 e. The standard InChI is InChI=1S/C18H14BFN2O3/c20-16-10-14(6-7-15(16)19(24)25)18(23)22-17-11-13(8-9-21-17)12-4-2-1-3-5-12/h1-11,24-25H,(H,21,22,23). The fraction of sp³-hybridized carbons (Fsp3) is 0. The molecule has 0 aliphatic heterocycles. The third kappa shape index (κ3) is 3.91. The van der Waals surface area contributed by atoms with Crippen LogP contribution in [-0.4, -0.2) is 28.1 Å². The van der Waals surface area contributed by atoms with Crippen LogP contribution >= 0.6 is 0 Å². The van der Waals surface area contributed by atoms with Crippen LogP contribution in [0.15, 0.2) is 66.9 Å². The molecular weight excluding hydrogens is 322 g/mol. The summed E-state index contributed by atoms with van der Waals surface area (Å²) in [5.41, 5.74) is 1.62. The molecule has 0 radical (unpaired) electrons. The van der Waals surface area contributed by atoms with Gasteiger partial charge in [0.05, 0.1) is 0 Å². The van der Waals surface area contributed by atoms with Gasteiger partial charge in [0.1, 0.15) is 11.6 Å². The van der Waals surface area contributed by atoms with Crippen LogP contribution in [0, 0.1) is 5.82 Å². The minimum absolute atomic E-state index is 0.0498. The number of hydrogen-bond acceptors (Lipinski definition) is 4. The summed E-state index contributed by atoms with van der Waals surface area (Å²) < 4.78 is 13.8. The van der Waals surface area contributed by atoms with Crippen molar-refractivity contribution in [1.29, 1.82) is 0 Å². The molecule has 2 aromatic carbocycles. The fourth-order valence-corrected chi connectivity index (χ4v) is 2.38. The number of carbonyl (C=O) groups is 1. The van der Waals surface area contributed by atoms with Crippen LogP contribution in [0.25, 0.3) is 11.1 Å². The van der Waals surface area contributed by atoms with E-state index in [9.17, 15) is 9.18 Å². The average molecular weight is 336 g/mol. The maximum atomic E-state index is 13.8. The number of benzene rings is 2. The molecule has 0 aliphatic rings. The van der Waals surface area contributed by atoms with Gasteiger partial charge in [-0.25, -0.2) is 9.37 Å². The highest BCUT2D eigenvalue weighted by Gasteiger charge is 2.18. The molecule has 25 heavy (non-hydrogen) atoms. The topological polar surface area (TPSA) is 82.5 Å². The predicted molar refractivity (Wildman–Crippen MR) is 93.9 cm³/mol. The molecule has 3 aromatic rings. The third-order valence-corrected chi connectivity index (χ3v) is 3.65. The molecule has 0 aliphatic carbocycles. The van der Waals surface area contributed by atoms with E-state index in [-0.39, 0.29) is 11.0 Å². The Balaban J connectivity index is 1.81. The lowest BCUT2D eigenvalue weighted by Crippen LogP contribution is -2.33. The number of nitrogens with one attached hydrogen (secondary N) is 1. The lowest BCUT2D eigenvalue weighted by Gasteiger charge is -2.08. The van der Waals surface area contributed by atoms with Gasteiger partial charge in [-0.15, -0.1) is 0 Å². The normalized spacial score (nSPS) is 10.4. The molecule has 7 heteroatoms. The first-order valence-corrected chi connectivity index (χ1v) is 7.53. The number of halogens is 1. The van der Waals surface area contributed by atoms with Gasteiger partial charge in [0.15, 0.2) is 0 Å². The summed E-state index contributed by atoms with van der Waals surface area (Å²) in [5, 5.41) is 20.6. The average Bonchev–Trinajstić information content (AvgIpc) is 2.62. The Labute approximate surface area is 143 Å². The van der Waals surface area contributed by atoms with Crippen LogP contribution in [0.1, 0.15) is 10.4 Å². The first kappa shape index (κ1) is 16.8. The summed E-state index contributed by atoms with van der Waals surface area (Å²) in [6.07, 6.45) is 1.57. The quantitative estimate of drug-likeness (QED) is 0.635. The first-order chi connectivity index (χ1) is 12.0. The molecule has 3 rings (SSSR count). The van der Waals surface area contributed by atoms with Gasteiger partial charge in [-0.3, -0.25) is 4.79 Å². The molecule has 0 bridgehead atoms. The smallest absolute Gasteiger partial charge is 0.423 e. The highest BCUT2D eigenvalue weighted by molar-refractivity contribution is 6.58. The molecule has 3 N–H and O–H groups in total. The zero-order chi connectivity index (χ0) is 17.8. The molecule has 0 atom stereocenters. The molecule has 1 amide bonds. The fourth-order valence-electron chi connectivity index (χ4n) is 2.38. The maximum absolute atomic E-state index is 13.8. The van der Waals surface area contributed by atoms with E-state index in [4.69, 9.17) is 10.0 Å². The maximum Gasteiger partial charge on any atom is 0.491 e. The van der Waals surface area contributed by atoms with Crippen molar-refractivity contribution in [2.24, 2.45) is 0 Å². The van der Waals surface area contributed by atoms with Gasteiger partial charge in [0.2, 0.25) is 0 Å². The van der Waals surface area contributed by atoms with Gasteiger partial charge in [0, 0.05) is 17.2 Å². The zero-order valence-electron chi connectivity index (χ0n) is 13.1. The lowest BCUT2D eigenvalue weighted by atomic mass is 9.79. The Bertz CT molecular complexity index is 904.